The molecular formula is C17H18N2. The molecule has 1 aromatic carbocycles. The molecule has 2 unspecified atom stereocenters. The van der Waals surface area contributed by atoms with Gasteiger partial charge in [-0.15, -0.1) is 0 Å². The summed E-state index contributed by atoms with van der Waals surface area (Å²) in [5, 5.41) is 3.65. The number of nitrogens with zero attached hydrogens (tertiary/aromatic N) is 1. The van der Waals surface area contributed by atoms with Gasteiger partial charge in [0.05, 0.1) is 6.17 Å². The third kappa shape index (κ3) is 1.67. The molecule has 0 radical (unpaired) electrons. The van der Waals surface area contributed by atoms with Crippen molar-refractivity contribution in [1.29, 1.82) is 0 Å². The van der Waals surface area contributed by atoms with E-state index in [1.165, 1.54) is 24.2 Å². The van der Waals surface area contributed by atoms with E-state index in [1.54, 1.807) is 5.57 Å². The number of nitrogens with one attached hydrogen (secondary N) is 1. The number of rotatable bonds is 1. The van der Waals surface area contributed by atoms with Crippen molar-refractivity contribution in [3.63, 3.8) is 0 Å². The minimum absolute atomic E-state index is 0.389. The largest absolute Gasteiger partial charge is 0.325 e. The summed E-state index contributed by atoms with van der Waals surface area (Å²) in [5.41, 5.74) is 4.29. The topological polar surface area (TPSA) is 15.3 Å². The average Bonchev–Trinajstić information content (AvgIpc) is 2.83. The second-order valence-electron chi connectivity index (χ2n) is 5.36. The molecule has 0 aromatic heterocycles. The van der Waals surface area contributed by atoms with Crippen LogP contribution in [0.1, 0.15) is 12.8 Å². The van der Waals surface area contributed by atoms with Gasteiger partial charge in [-0.2, -0.15) is 0 Å². The summed E-state index contributed by atoms with van der Waals surface area (Å²) in [5.74, 6) is 0.536. The second-order valence-corrected chi connectivity index (χ2v) is 5.36. The summed E-state index contributed by atoms with van der Waals surface area (Å²) in [6.07, 6.45) is 12.0. The van der Waals surface area contributed by atoms with E-state index >= 15 is 0 Å². The molecular weight excluding hydrogens is 232 g/mol. The summed E-state index contributed by atoms with van der Waals surface area (Å²) < 4.78 is 0. The fourth-order valence-corrected chi connectivity index (χ4v) is 3.47. The van der Waals surface area contributed by atoms with Gasteiger partial charge in [-0.25, -0.2) is 0 Å². The second kappa shape index (κ2) is 4.39. The molecule has 1 aliphatic carbocycles. The van der Waals surface area contributed by atoms with Gasteiger partial charge < -0.3 is 4.90 Å². The molecule has 0 fully saturated rings. The van der Waals surface area contributed by atoms with Crippen LogP contribution in [0.2, 0.25) is 0 Å². The first-order valence-electron chi connectivity index (χ1n) is 7.09. The van der Waals surface area contributed by atoms with Crippen LogP contribution in [0, 0.1) is 5.92 Å². The zero-order valence-corrected chi connectivity index (χ0v) is 10.9. The Morgan fingerprint density at radius 3 is 2.89 bits per heavy atom. The fraction of sp³-hybridized carbons (Fsp3) is 0.294. The van der Waals surface area contributed by atoms with Crippen LogP contribution >= 0.6 is 0 Å². The summed E-state index contributed by atoms with van der Waals surface area (Å²) in [4.78, 5) is 2.47. The van der Waals surface area contributed by atoms with Gasteiger partial charge in [0.2, 0.25) is 0 Å². The predicted octanol–water partition coefficient (Wildman–Crippen LogP) is 3.21. The number of benzene rings is 1. The van der Waals surface area contributed by atoms with E-state index in [1.807, 2.05) is 0 Å². The Hall–Kier alpha value is -1.80. The molecule has 2 heteroatoms. The van der Waals surface area contributed by atoms with E-state index in [0.29, 0.717) is 12.1 Å². The maximum absolute atomic E-state index is 3.65. The summed E-state index contributed by atoms with van der Waals surface area (Å²) in [7, 11) is 0. The quantitative estimate of drug-likeness (QED) is 0.770. The Labute approximate surface area is 114 Å². The van der Waals surface area contributed by atoms with Crippen LogP contribution < -0.4 is 10.2 Å². The first-order valence-corrected chi connectivity index (χ1v) is 7.09. The van der Waals surface area contributed by atoms with Crippen molar-refractivity contribution in [2.24, 2.45) is 5.92 Å². The number of anilines is 1. The molecule has 2 aliphatic heterocycles. The van der Waals surface area contributed by atoms with Gasteiger partial charge in [0.1, 0.15) is 0 Å². The highest BCUT2D eigenvalue weighted by Gasteiger charge is 2.39. The fourth-order valence-electron chi connectivity index (χ4n) is 3.47. The van der Waals surface area contributed by atoms with Crippen LogP contribution in [0.5, 0.6) is 0 Å². The van der Waals surface area contributed by atoms with Gasteiger partial charge in [-0.1, -0.05) is 36.4 Å². The maximum atomic E-state index is 3.65. The Morgan fingerprint density at radius 2 is 2.00 bits per heavy atom. The highest BCUT2D eigenvalue weighted by Crippen LogP contribution is 2.42. The lowest BCUT2D eigenvalue weighted by molar-refractivity contribution is 0.470. The van der Waals surface area contributed by atoms with Gasteiger partial charge in [-0.3, -0.25) is 5.32 Å². The van der Waals surface area contributed by atoms with Crippen LogP contribution in [0.25, 0.3) is 0 Å². The lowest BCUT2D eigenvalue weighted by Gasteiger charge is -2.33. The summed E-state index contributed by atoms with van der Waals surface area (Å²) in [6, 6.07) is 10.7. The smallest absolute Gasteiger partial charge is 0.0949 e. The number of para-hydroxylation sites is 1. The zero-order valence-electron chi connectivity index (χ0n) is 10.9. The van der Waals surface area contributed by atoms with Crippen LogP contribution in [0.15, 0.2) is 65.9 Å². The van der Waals surface area contributed by atoms with Crippen molar-refractivity contribution in [1.82, 2.24) is 5.32 Å². The van der Waals surface area contributed by atoms with Crippen molar-refractivity contribution in [3.8, 4) is 0 Å². The van der Waals surface area contributed by atoms with E-state index in [-0.39, 0.29) is 0 Å². The Bertz CT molecular complexity index is 568. The van der Waals surface area contributed by atoms with Crippen molar-refractivity contribution >= 4 is 5.69 Å². The Kier molecular flexibility index (Phi) is 2.56. The molecule has 2 heterocycles. The van der Waals surface area contributed by atoms with Gasteiger partial charge in [0.25, 0.3) is 0 Å². The SMILES string of the molecule is C1=CC2=C(CC1)C1C=CCNC1N2c1ccccc1. The molecule has 2 atom stereocenters. The molecule has 3 aliphatic rings. The molecule has 4 rings (SSSR count). The number of hydrogen-bond donors (Lipinski definition) is 1. The molecule has 0 saturated heterocycles. The molecule has 0 saturated carbocycles. The molecule has 0 spiro atoms. The van der Waals surface area contributed by atoms with E-state index < -0.39 is 0 Å². The van der Waals surface area contributed by atoms with E-state index in [4.69, 9.17) is 0 Å². The van der Waals surface area contributed by atoms with E-state index in [0.717, 1.165) is 6.54 Å². The standard InChI is InChI=1S/C17H18N2/c1-2-7-13(8-3-1)19-16-11-5-4-9-14(16)15-10-6-12-18-17(15)19/h1-3,5-8,10-11,15,17-18H,4,9,12H2. The average molecular weight is 250 g/mol. The monoisotopic (exact) mass is 250 g/mol. The lowest BCUT2D eigenvalue weighted by atomic mass is 9.90. The highest BCUT2D eigenvalue weighted by molar-refractivity contribution is 5.62. The van der Waals surface area contributed by atoms with E-state index in [9.17, 15) is 0 Å². The minimum atomic E-state index is 0.389. The Morgan fingerprint density at radius 1 is 1.11 bits per heavy atom. The lowest BCUT2D eigenvalue weighted by Crippen LogP contribution is -2.47. The third-order valence-corrected chi connectivity index (χ3v) is 4.29. The first-order chi connectivity index (χ1) is 9.45. The molecule has 96 valence electrons. The van der Waals surface area contributed by atoms with Gasteiger partial charge in [0.15, 0.2) is 0 Å². The van der Waals surface area contributed by atoms with Crippen LogP contribution in [-0.4, -0.2) is 12.7 Å². The van der Waals surface area contributed by atoms with Crippen LogP contribution in [-0.2, 0) is 0 Å². The molecule has 2 nitrogen and oxygen atoms in total. The maximum Gasteiger partial charge on any atom is 0.0949 e. The normalized spacial score (nSPS) is 28.5. The highest BCUT2D eigenvalue weighted by atomic mass is 15.3. The zero-order chi connectivity index (χ0) is 12.7. The number of allylic oxidation sites excluding steroid dienone is 2. The van der Waals surface area contributed by atoms with Crippen molar-refractivity contribution in [2.45, 2.75) is 19.0 Å². The first kappa shape index (κ1) is 11.1. The summed E-state index contributed by atoms with van der Waals surface area (Å²) >= 11 is 0. The number of fused-ring (bicyclic) bond motifs is 2. The number of hydrogen-bond acceptors (Lipinski definition) is 2. The van der Waals surface area contributed by atoms with Crippen molar-refractivity contribution < 1.29 is 0 Å². The molecule has 0 bridgehead atoms. The molecule has 1 N–H and O–H groups in total. The molecule has 0 amide bonds. The van der Waals surface area contributed by atoms with E-state index in [2.05, 4.69) is 64.9 Å². The minimum Gasteiger partial charge on any atom is -0.325 e. The van der Waals surface area contributed by atoms with Gasteiger partial charge in [-0.05, 0) is 36.6 Å². The molecule has 1 aromatic rings. The van der Waals surface area contributed by atoms with Gasteiger partial charge >= 0.3 is 0 Å². The van der Waals surface area contributed by atoms with Crippen LogP contribution in [0.4, 0.5) is 5.69 Å². The summed E-state index contributed by atoms with van der Waals surface area (Å²) in [6.45, 7) is 0.967. The Balaban J connectivity index is 1.83. The van der Waals surface area contributed by atoms with Gasteiger partial charge in [0, 0.05) is 23.8 Å². The van der Waals surface area contributed by atoms with Crippen LogP contribution in [0.3, 0.4) is 0 Å². The molecule has 19 heavy (non-hydrogen) atoms. The van der Waals surface area contributed by atoms with Crippen molar-refractivity contribution in [3.05, 3.63) is 65.9 Å². The van der Waals surface area contributed by atoms with Crippen molar-refractivity contribution in [2.75, 3.05) is 11.4 Å². The third-order valence-electron chi connectivity index (χ3n) is 4.29. The predicted molar refractivity (Wildman–Crippen MR) is 78.7 cm³/mol.